The van der Waals surface area contributed by atoms with Gasteiger partial charge in [-0.05, 0) is 19.3 Å². The molecule has 0 aromatic heterocycles. The van der Waals surface area contributed by atoms with Crippen LogP contribution in [0.15, 0.2) is 0 Å². The summed E-state index contributed by atoms with van der Waals surface area (Å²) in [5.41, 5.74) is 0. The van der Waals surface area contributed by atoms with Crippen LogP contribution in [0.25, 0.3) is 0 Å². The highest BCUT2D eigenvalue weighted by Gasteiger charge is 2.50. The first kappa shape index (κ1) is 13.6. The molecule has 2 fully saturated rings. The fourth-order valence-electron chi connectivity index (χ4n) is 2.93. The van der Waals surface area contributed by atoms with Gasteiger partial charge in [-0.3, -0.25) is 9.69 Å². The Bertz CT molecular complexity index is 321. The van der Waals surface area contributed by atoms with Crippen molar-refractivity contribution in [3.63, 3.8) is 0 Å². The van der Waals surface area contributed by atoms with Gasteiger partial charge in [-0.1, -0.05) is 0 Å². The molecule has 1 N–H and O–H groups in total. The first-order chi connectivity index (χ1) is 8.39. The van der Waals surface area contributed by atoms with E-state index < -0.39 is 24.6 Å². The van der Waals surface area contributed by atoms with Gasteiger partial charge in [-0.25, -0.2) is 0 Å². The molecule has 3 atom stereocenters. The number of hydrogen-bond donors (Lipinski definition) is 1. The van der Waals surface area contributed by atoms with Crippen molar-refractivity contribution in [2.75, 3.05) is 13.2 Å². The lowest BCUT2D eigenvalue weighted by atomic mass is 10.0. The van der Waals surface area contributed by atoms with Gasteiger partial charge in [-0.2, -0.15) is 13.2 Å². The highest BCUT2D eigenvalue weighted by atomic mass is 19.4. The lowest BCUT2D eigenvalue weighted by Crippen LogP contribution is -2.58. The van der Waals surface area contributed by atoms with Crippen molar-refractivity contribution in [3.05, 3.63) is 0 Å². The van der Waals surface area contributed by atoms with Crippen LogP contribution in [-0.4, -0.2) is 53.5 Å². The Morgan fingerprint density at radius 2 is 2.17 bits per heavy atom. The van der Waals surface area contributed by atoms with Gasteiger partial charge in [0, 0.05) is 12.6 Å². The summed E-state index contributed by atoms with van der Waals surface area (Å²) in [6.07, 6.45) is -3.33. The molecule has 3 unspecified atom stereocenters. The maximum Gasteiger partial charge on any atom is 0.404 e. The summed E-state index contributed by atoms with van der Waals surface area (Å²) in [4.78, 5) is 11.9. The van der Waals surface area contributed by atoms with Gasteiger partial charge in [0.15, 0.2) is 0 Å². The van der Waals surface area contributed by atoms with E-state index in [9.17, 15) is 18.0 Å². The number of carboxylic acids is 1. The number of carbonyl (C=O) groups is 1. The quantitative estimate of drug-likeness (QED) is 0.844. The summed E-state index contributed by atoms with van der Waals surface area (Å²) in [6, 6.07) is -2.19. The summed E-state index contributed by atoms with van der Waals surface area (Å²) >= 11 is 0. The number of hydrogen-bond acceptors (Lipinski definition) is 3. The Balaban J connectivity index is 2.16. The number of halogens is 3. The predicted octanol–water partition coefficient (Wildman–Crippen LogP) is 1.65. The number of alkyl halides is 3. The van der Waals surface area contributed by atoms with Crippen molar-refractivity contribution in [2.24, 2.45) is 0 Å². The molecule has 7 heteroatoms. The largest absolute Gasteiger partial charge is 0.481 e. The predicted molar refractivity (Wildman–Crippen MR) is 56.2 cm³/mol. The van der Waals surface area contributed by atoms with Crippen LogP contribution in [-0.2, 0) is 9.53 Å². The smallest absolute Gasteiger partial charge is 0.404 e. The third kappa shape index (κ3) is 2.77. The molecule has 0 amide bonds. The molecule has 18 heavy (non-hydrogen) atoms. The Hall–Kier alpha value is -0.820. The van der Waals surface area contributed by atoms with E-state index in [2.05, 4.69) is 0 Å². The minimum Gasteiger partial charge on any atom is -0.481 e. The number of nitrogens with zero attached hydrogens (tertiary/aromatic N) is 1. The van der Waals surface area contributed by atoms with Crippen LogP contribution in [0.5, 0.6) is 0 Å². The van der Waals surface area contributed by atoms with E-state index >= 15 is 0 Å². The topological polar surface area (TPSA) is 49.8 Å². The van der Waals surface area contributed by atoms with Crippen LogP contribution < -0.4 is 0 Å². The SMILES string of the molecule is O=C(O)CC(N1CCOC2CCCC21)C(F)(F)F. The first-order valence-corrected chi connectivity index (χ1v) is 6.05. The normalized spacial score (nSPS) is 31.1. The Morgan fingerprint density at radius 1 is 1.44 bits per heavy atom. The molecule has 104 valence electrons. The van der Waals surface area contributed by atoms with Crippen LogP contribution in [0, 0.1) is 0 Å². The molecule has 1 aliphatic heterocycles. The maximum absolute atomic E-state index is 13.0. The fourth-order valence-corrected chi connectivity index (χ4v) is 2.93. The zero-order valence-electron chi connectivity index (χ0n) is 9.82. The third-order valence-electron chi connectivity index (χ3n) is 3.67. The third-order valence-corrected chi connectivity index (χ3v) is 3.67. The van der Waals surface area contributed by atoms with E-state index in [1.807, 2.05) is 0 Å². The van der Waals surface area contributed by atoms with E-state index in [-0.39, 0.29) is 25.3 Å². The molecule has 0 spiro atoms. The van der Waals surface area contributed by atoms with Gasteiger partial charge < -0.3 is 9.84 Å². The maximum atomic E-state index is 13.0. The number of ether oxygens (including phenoxy) is 1. The highest BCUT2D eigenvalue weighted by molar-refractivity contribution is 5.67. The van der Waals surface area contributed by atoms with Gasteiger partial charge in [0.05, 0.1) is 19.1 Å². The van der Waals surface area contributed by atoms with Crippen LogP contribution in [0.1, 0.15) is 25.7 Å². The summed E-state index contributed by atoms with van der Waals surface area (Å²) in [7, 11) is 0. The second-order valence-corrected chi connectivity index (χ2v) is 4.80. The van der Waals surface area contributed by atoms with Crippen LogP contribution in [0.4, 0.5) is 13.2 Å². The molecule has 1 saturated carbocycles. The van der Waals surface area contributed by atoms with Crippen molar-refractivity contribution in [3.8, 4) is 0 Å². The molecular formula is C11H16F3NO3. The van der Waals surface area contributed by atoms with Crippen molar-refractivity contribution < 1.29 is 27.8 Å². The molecule has 4 nitrogen and oxygen atoms in total. The van der Waals surface area contributed by atoms with Crippen LogP contribution in [0.2, 0.25) is 0 Å². The van der Waals surface area contributed by atoms with Gasteiger partial charge >= 0.3 is 12.1 Å². The average Bonchev–Trinajstić information content (AvgIpc) is 2.71. The molecule has 1 heterocycles. The highest BCUT2D eigenvalue weighted by Crippen LogP contribution is 2.36. The van der Waals surface area contributed by atoms with E-state index in [0.29, 0.717) is 6.42 Å². The lowest BCUT2D eigenvalue weighted by Gasteiger charge is -2.42. The minimum atomic E-state index is -4.51. The molecule has 1 saturated heterocycles. The molecule has 0 radical (unpaired) electrons. The Kier molecular flexibility index (Phi) is 3.82. The van der Waals surface area contributed by atoms with Crippen LogP contribution in [0.3, 0.4) is 0 Å². The summed E-state index contributed by atoms with van der Waals surface area (Å²) in [6.45, 7) is 0.395. The molecule has 2 aliphatic rings. The molecule has 1 aliphatic carbocycles. The summed E-state index contributed by atoms with van der Waals surface area (Å²) in [5, 5.41) is 8.66. The molecular weight excluding hydrogens is 251 g/mol. The average molecular weight is 267 g/mol. The Morgan fingerprint density at radius 3 is 2.78 bits per heavy atom. The second kappa shape index (κ2) is 5.05. The van der Waals surface area contributed by atoms with E-state index in [0.717, 1.165) is 12.8 Å². The summed E-state index contributed by atoms with van der Waals surface area (Å²) < 4.78 is 44.4. The molecule has 0 aromatic rings. The number of aliphatic carboxylic acids is 1. The molecule has 0 aromatic carbocycles. The van der Waals surface area contributed by atoms with Gasteiger partial charge in [0.25, 0.3) is 0 Å². The van der Waals surface area contributed by atoms with Gasteiger partial charge in [0.2, 0.25) is 0 Å². The zero-order chi connectivity index (χ0) is 13.3. The van der Waals surface area contributed by atoms with E-state index in [4.69, 9.17) is 9.84 Å². The lowest BCUT2D eigenvalue weighted by molar-refractivity contribution is -0.211. The number of rotatable bonds is 3. The Labute approximate surface area is 103 Å². The van der Waals surface area contributed by atoms with Crippen molar-refractivity contribution in [2.45, 2.75) is 50.0 Å². The minimum absolute atomic E-state index is 0.151. The zero-order valence-corrected chi connectivity index (χ0v) is 9.82. The number of morpholine rings is 1. The number of fused-ring (bicyclic) bond motifs is 1. The standard InChI is InChI=1S/C11H16F3NO3/c12-11(13,14)9(6-10(16)17)15-4-5-18-8-3-1-2-7(8)15/h7-9H,1-6H2,(H,16,17). The second-order valence-electron chi connectivity index (χ2n) is 4.80. The molecule has 2 rings (SSSR count). The van der Waals surface area contributed by atoms with Crippen molar-refractivity contribution in [1.29, 1.82) is 0 Å². The number of carboxylic acid groups (broad SMARTS) is 1. The summed E-state index contributed by atoms with van der Waals surface area (Å²) in [5.74, 6) is -1.42. The van der Waals surface area contributed by atoms with Gasteiger partial charge in [0.1, 0.15) is 6.04 Å². The monoisotopic (exact) mass is 267 g/mol. The van der Waals surface area contributed by atoms with E-state index in [1.165, 1.54) is 4.90 Å². The van der Waals surface area contributed by atoms with Crippen molar-refractivity contribution >= 4 is 5.97 Å². The van der Waals surface area contributed by atoms with Crippen LogP contribution >= 0.6 is 0 Å². The molecule has 0 bridgehead atoms. The van der Waals surface area contributed by atoms with Crippen molar-refractivity contribution in [1.82, 2.24) is 4.90 Å². The van der Waals surface area contributed by atoms with Gasteiger partial charge in [-0.15, -0.1) is 0 Å². The first-order valence-electron chi connectivity index (χ1n) is 6.05. The van der Waals surface area contributed by atoms with E-state index in [1.54, 1.807) is 0 Å². The fraction of sp³-hybridized carbons (Fsp3) is 0.909.